The van der Waals surface area contributed by atoms with E-state index in [2.05, 4.69) is 6.92 Å². The van der Waals surface area contributed by atoms with Crippen molar-refractivity contribution in [1.82, 2.24) is 4.90 Å². The molecule has 0 rings (SSSR count). The Hall–Kier alpha value is 0.380. The molecule has 0 fully saturated rings. The third-order valence-corrected chi connectivity index (χ3v) is 6.60. The summed E-state index contributed by atoms with van der Waals surface area (Å²) in [6.07, 6.45) is 23.1. The molecule has 0 aromatic rings. The Labute approximate surface area is 215 Å². The van der Waals surface area contributed by atoms with Crippen LogP contribution < -0.4 is 29.6 Å². The minimum Gasteiger partial charge on any atom is -0.748 e. The summed E-state index contributed by atoms with van der Waals surface area (Å²) in [5, 5.41) is 0. The van der Waals surface area contributed by atoms with Crippen LogP contribution >= 0.6 is 0 Å². The van der Waals surface area contributed by atoms with Crippen molar-refractivity contribution in [2.75, 3.05) is 19.3 Å². The average molecular weight is 470 g/mol. The third-order valence-electron chi connectivity index (χ3n) is 5.81. The van der Waals surface area contributed by atoms with Gasteiger partial charge in [0.05, 0.1) is 10.1 Å². The summed E-state index contributed by atoms with van der Waals surface area (Å²) in [5.41, 5.74) is 0. The van der Waals surface area contributed by atoms with Crippen molar-refractivity contribution in [3.05, 3.63) is 0 Å². The number of hydrogen-bond acceptors (Lipinski definition) is 4. The van der Waals surface area contributed by atoms with Gasteiger partial charge in [-0.25, -0.2) is 8.42 Å². The predicted octanol–water partition coefficient (Wildman–Crippen LogP) is 3.43. The first-order valence-electron chi connectivity index (χ1n) is 12.5. The number of nitrogens with zero attached hydrogens (tertiary/aromatic N) is 1. The SMILES string of the molecule is CCCCCCCCCCCCCCCCCCCC(=O)N(C)CCCS(=O)(=O)[O-].[Na+]. The molecule has 0 saturated heterocycles. The first-order chi connectivity index (χ1) is 14.4. The second-order valence-electron chi connectivity index (χ2n) is 8.84. The Morgan fingerprint density at radius 3 is 1.39 bits per heavy atom. The molecular weight excluding hydrogens is 421 g/mol. The van der Waals surface area contributed by atoms with E-state index in [1.807, 2.05) is 0 Å². The van der Waals surface area contributed by atoms with Crippen LogP contribution in [0.25, 0.3) is 0 Å². The second-order valence-corrected chi connectivity index (χ2v) is 10.4. The van der Waals surface area contributed by atoms with Crippen LogP contribution in [0.15, 0.2) is 0 Å². The second kappa shape index (κ2) is 23.5. The van der Waals surface area contributed by atoms with Gasteiger partial charge < -0.3 is 9.45 Å². The summed E-state index contributed by atoms with van der Waals surface area (Å²) < 4.78 is 31.7. The van der Waals surface area contributed by atoms with Crippen LogP contribution in [0.5, 0.6) is 0 Å². The quantitative estimate of drug-likeness (QED) is 0.138. The van der Waals surface area contributed by atoms with Crippen LogP contribution in [0.4, 0.5) is 0 Å². The van der Waals surface area contributed by atoms with Gasteiger partial charge in [0.15, 0.2) is 0 Å². The summed E-state index contributed by atoms with van der Waals surface area (Å²) in [4.78, 5) is 13.5. The van der Waals surface area contributed by atoms with Crippen molar-refractivity contribution in [1.29, 1.82) is 0 Å². The third kappa shape index (κ3) is 26.5. The molecule has 0 bridgehead atoms. The topological polar surface area (TPSA) is 77.5 Å². The molecule has 0 N–H and O–H groups in total. The standard InChI is InChI=1S/C24H49NO4S.Na/c1-3-4-5-6-7-8-9-10-11-12-13-14-15-16-17-18-19-21-24(26)25(2)22-20-23-30(27,28)29;/h3-23H2,1-2H3,(H,27,28,29);/q;+1/p-1. The number of hydrogen-bond donors (Lipinski definition) is 0. The van der Waals surface area contributed by atoms with Crippen LogP contribution in [0.1, 0.15) is 129 Å². The zero-order valence-corrected chi connectivity index (χ0v) is 23.7. The van der Waals surface area contributed by atoms with Gasteiger partial charge in [0, 0.05) is 25.8 Å². The molecule has 180 valence electrons. The van der Waals surface area contributed by atoms with Crippen molar-refractivity contribution < 1.29 is 47.3 Å². The molecule has 0 unspecified atom stereocenters. The molecule has 1 amide bonds. The monoisotopic (exact) mass is 469 g/mol. The van der Waals surface area contributed by atoms with Crippen molar-refractivity contribution >= 4 is 16.0 Å². The van der Waals surface area contributed by atoms with E-state index in [1.54, 1.807) is 7.05 Å². The average Bonchev–Trinajstić information content (AvgIpc) is 2.69. The summed E-state index contributed by atoms with van der Waals surface area (Å²) in [7, 11) is -2.50. The number of amides is 1. The van der Waals surface area contributed by atoms with E-state index in [-0.39, 0.29) is 41.9 Å². The fourth-order valence-corrected chi connectivity index (χ4v) is 4.28. The van der Waals surface area contributed by atoms with Gasteiger partial charge in [0.1, 0.15) is 0 Å². The molecule has 0 aliphatic heterocycles. The van der Waals surface area contributed by atoms with Gasteiger partial charge in [0.2, 0.25) is 5.91 Å². The molecule has 31 heavy (non-hydrogen) atoms. The Bertz CT molecular complexity index is 500. The van der Waals surface area contributed by atoms with Crippen LogP contribution in [-0.4, -0.2) is 43.1 Å². The van der Waals surface area contributed by atoms with Crippen molar-refractivity contribution in [3.63, 3.8) is 0 Å². The minimum absolute atomic E-state index is 0. The molecule has 0 aromatic carbocycles. The Kier molecular flexibility index (Phi) is 25.5. The molecule has 0 radical (unpaired) electrons. The molecule has 7 heteroatoms. The molecule has 0 spiro atoms. The van der Waals surface area contributed by atoms with E-state index in [9.17, 15) is 17.8 Å². The maximum absolute atomic E-state index is 12.0. The summed E-state index contributed by atoms with van der Waals surface area (Å²) in [6.45, 7) is 2.60. The maximum atomic E-state index is 12.0. The molecule has 0 aliphatic rings. The van der Waals surface area contributed by atoms with Crippen LogP contribution in [0.2, 0.25) is 0 Å². The fourth-order valence-electron chi connectivity index (χ4n) is 3.80. The Morgan fingerprint density at radius 2 is 1.03 bits per heavy atom. The molecule has 0 atom stereocenters. The molecule has 0 heterocycles. The summed E-state index contributed by atoms with van der Waals surface area (Å²) in [5.74, 6) is -0.358. The maximum Gasteiger partial charge on any atom is 1.00 e. The first-order valence-corrected chi connectivity index (χ1v) is 14.1. The van der Waals surface area contributed by atoms with Crippen molar-refractivity contribution in [3.8, 4) is 0 Å². The molecule has 5 nitrogen and oxygen atoms in total. The number of carbonyl (C=O) groups is 1. The van der Waals surface area contributed by atoms with Gasteiger partial charge in [-0.1, -0.05) is 110 Å². The van der Waals surface area contributed by atoms with Crippen LogP contribution in [0, 0.1) is 0 Å². The van der Waals surface area contributed by atoms with Gasteiger partial charge >= 0.3 is 29.6 Å². The van der Waals surface area contributed by atoms with Gasteiger partial charge in [-0.05, 0) is 12.8 Å². The largest absolute Gasteiger partial charge is 1.00 e. The normalized spacial score (nSPS) is 11.3. The van der Waals surface area contributed by atoms with E-state index < -0.39 is 15.9 Å². The fraction of sp³-hybridized carbons (Fsp3) is 0.958. The smallest absolute Gasteiger partial charge is 0.748 e. The van der Waals surface area contributed by atoms with E-state index in [4.69, 9.17) is 0 Å². The Morgan fingerprint density at radius 1 is 0.677 bits per heavy atom. The number of carbonyl (C=O) groups excluding carboxylic acids is 1. The van der Waals surface area contributed by atoms with Crippen LogP contribution in [-0.2, 0) is 14.9 Å². The van der Waals surface area contributed by atoms with E-state index >= 15 is 0 Å². The number of rotatable bonds is 22. The van der Waals surface area contributed by atoms with Gasteiger partial charge in [-0.3, -0.25) is 4.79 Å². The zero-order chi connectivity index (χ0) is 22.5. The first kappa shape index (κ1) is 33.6. The summed E-state index contributed by atoms with van der Waals surface area (Å²) in [6, 6.07) is 0. The molecular formula is C24H48NNaO4S. The Balaban J connectivity index is 0. The van der Waals surface area contributed by atoms with Gasteiger partial charge in [-0.2, -0.15) is 0 Å². The van der Waals surface area contributed by atoms with E-state index in [0.29, 0.717) is 13.0 Å². The molecule has 0 saturated carbocycles. The molecule has 0 aliphatic carbocycles. The van der Waals surface area contributed by atoms with Gasteiger partial charge in [-0.15, -0.1) is 0 Å². The van der Waals surface area contributed by atoms with Crippen molar-refractivity contribution in [2.45, 2.75) is 129 Å². The predicted molar refractivity (Wildman–Crippen MR) is 126 cm³/mol. The van der Waals surface area contributed by atoms with E-state index in [1.165, 1.54) is 101 Å². The summed E-state index contributed by atoms with van der Waals surface area (Å²) >= 11 is 0. The minimum atomic E-state index is -4.18. The number of unbranched alkanes of at least 4 members (excludes halogenated alkanes) is 16. The molecule has 0 aromatic heterocycles. The van der Waals surface area contributed by atoms with Crippen LogP contribution in [0.3, 0.4) is 0 Å². The zero-order valence-electron chi connectivity index (χ0n) is 20.8. The van der Waals surface area contributed by atoms with Gasteiger partial charge in [0.25, 0.3) is 0 Å². The van der Waals surface area contributed by atoms with E-state index in [0.717, 1.165) is 12.8 Å². The van der Waals surface area contributed by atoms with Crippen molar-refractivity contribution in [2.24, 2.45) is 0 Å².